The molecule has 1 saturated heterocycles. The van der Waals surface area contributed by atoms with Gasteiger partial charge < -0.3 is 19.1 Å². The molecule has 176 valence electrons. The summed E-state index contributed by atoms with van der Waals surface area (Å²) in [7, 11) is 1.63. The van der Waals surface area contributed by atoms with Gasteiger partial charge in [-0.1, -0.05) is 36.4 Å². The van der Waals surface area contributed by atoms with Crippen molar-refractivity contribution < 1.29 is 23.8 Å². The van der Waals surface area contributed by atoms with E-state index in [1.165, 1.54) is 0 Å². The number of fused-ring (bicyclic) bond motifs is 1. The van der Waals surface area contributed by atoms with Gasteiger partial charge in [0.15, 0.2) is 11.5 Å². The summed E-state index contributed by atoms with van der Waals surface area (Å²) in [4.78, 5) is 27.2. The number of ketones is 1. The maximum atomic E-state index is 12.8. The quantitative estimate of drug-likeness (QED) is 0.591. The van der Waals surface area contributed by atoms with Crippen molar-refractivity contribution in [3.05, 3.63) is 59.7 Å². The van der Waals surface area contributed by atoms with Gasteiger partial charge in [-0.15, -0.1) is 0 Å². The molecule has 2 aliphatic rings. The topological polar surface area (TPSA) is 65.1 Å². The van der Waals surface area contributed by atoms with E-state index in [-0.39, 0.29) is 24.0 Å². The van der Waals surface area contributed by atoms with Crippen molar-refractivity contribution in [3.63, 3.8) is 0 Å². The summed E-state index contributed by atoms with van der Waals surface area (Å²) in [6.45, 7) is 3.17. The number of ether oxygens (including phenoxy) is 3. The molecule has 0 aromatic heterocycles. The molecule has 2 fully saturated rings. The summed E-state index contributed by atoms with van der Waals surface area (Å²) in [5, 5.41) is 0. The molecule has 1 saturated carbocycles. The van der Waals surface area contributed by atoms with E-state index in [9.17, 15) is 9.59 Å². The minimum atomic E-state index is -0.284. The molecule has 0 N–H and O–H groups in total. The molecule has 3 atom stereocenters. The Morgan fingerprint density at radius 1 is 1.06 bits per heavy atom. The lowest BCUT2D eigenvalue weighted by atomic mass is 9.69. The molecule has 1 heterocycles. The number of nitrogens with zero attached hydrogens (tertiary/aromatic N) is 1. The van der Waals surface area contributed by atoms with E-state index < -0.39 is 0 Å². The number of methoxy groups -OCH3 is 1. The summed E-state index contributed by atoms with van der Waals surface area (Å²) in [5.74, 6) is 1.91. The Bertz CT molecular complexity index is 960. The van der Waals surface area contributed by atoms with Gasteiger partial charge in [0.1, 0.15) is 12.4 Å². The standard InChI is InChI=1S/C27H33NO5/c1-3-32-27(30)28-15-14-22-21(10-7-11-24(22)29)23(28)16-20-12-13-25(31-2)26(17-20)33-18-19-8-5-4-6-9-19/h4-6,8-9,12-13,17,21-23H,3,7,10-11,14-16,18H2,1-2H3/t21-,22+,23-/m1/s1. The molecule has 6 heteroatoms. The fourth-order valence-corrected chi connectivity index (χ4v) is 5.28. The lowest BCUT2D eigenvalue weighted by Gasteiger charge is -2.46. The van der Waals surface area contributed by atoms with Gasteiger partial charge >= 0.3 is 6.09 Å². The van der Waals surface area contributed by atoms with Crippen LogP contribution in [-0.4, -0.2) is 43.1 Å². The molecule has 4 rings (SSSR count). The first-order valence-electron chi connectivity index (χ1n) is 11.9. The number of amides is 1. The van der Waals surface area contributed by atoms with Gasteiger partial charge in [0.2, 0.25) is 0 Å². The summed E-state index contributed by atoms with van der Waals surface area (Å²) < 4.78 is 17.0. The second-order valence-electron chi connectivity index (χ2n) is 8.84. The highest BCUT2D eigenvalue weighted by Gasteiger charge is 2.44. The fourth-order valence-electron chi connectivity index (χ4n) is 5.28. The monoisotopic (exact) mass is 451 g/mol. The van der Waals surface area contributed by atoms with Gasteiger partial charge in [-0.25, -0.2) is 4.79 Å². The van der Waals surface area contributed by atoms with E-state index in [4.69, 9.17) is 14.2 Å². The first kappa shape index (κ1) is 23.1. The zero-order valence-electron chi connectivity index (χ0n) is 19.5. The fraction of sp³-hybridized carbons (Fsp3) is 0.481. The van der Waals surface area contributed by atoms with E-state index in [0.717, 1.165) is 30.4 Å². The number of piperidine rings is 1. The number of carbonyl (C=O) groups excluding carboxylic acids is 2. The average Bonchev–Trinajstić information content (AvgIpc) is 2.84. The molecule has 0 unspecified atom stereocenters. The van der Waals surface area contributed by atoms with Crippen LogP contribution in [0.5, 0.6) is 11.5 Å². The Kier molecular flexibility index (Phi) is 7.53. The molecule has 0 radical (unpaired) electrons. The minimum Gasteiger partial charge on any atom is -0.493 e. The van der Waals surface area contributed by atoms with Gasteiger partial charge in [-0.05, 0) is 61.8 Å². The average molecular weight is 452 g/mol. The van der Waals surface area contributed by atoms with E-state index in [0.29, 0.717) is 49.9 Å². The van der Waals surface area contributed by atoms with Gasteiger partial charge in [0.05, 0.1) is 13.7 Å². The molecule has 1 amide bonds. The predicted octanol–water partition coefficient (Wildman–Crippen LogP) is 5.03. The van der Waals surface area contributed by atoms with Crippen LogP contribution in [0.4, 0.5) is 4.79 Å². The Labute approximate surface area is 195 Å². The van der Waals surface area contributed by atoms with Crippen molar-refractivity contribution in [1.82, 2.24) is 4.90 Å². The number of Topliss-reactive ketones (excluding diaryl/α,β-unsaturated/α-hetero) is 1. The van der Waals surface area contributed by atoms with Crippen LogP contribution in [0.1, 0.15) is 43.7 Å². The smallest absolute Gasteiger partial charge is 0.410 e. The third-order valence-corrected chi connectivity index (χ3v) is 6.88. The molecule has 2 aromatic carbocycles. The van der Waals surface area contributed by atoms with Gasteiger partial charge in [0, 0.05) is 24.9 Å². The largest absolute Gasteiger partial charge is 0.493 e. The minimum absolute atomic E-state index is 0.0430. The maximum absolute atomic E-state index is 12.8. The molecule has 0 bridgehead atoms. The lowest BCUT2D eigenvalue weighted by Crippen LogP contribution is -2.55. The lowest BCUT2D eigenvalue weighted by molar-refractivity contribution is -0.130. The van der Waals surface area contributed by atoms with Crippen LogP contribution in [-0.2, 0) is 22.6 Å². The van der Waals surface area contributed by atoms with Gasteiger partial charge in [-0.2, -0.15) is 0 Å². The second-order valence-corrected chi connectivity index (χ2v) is 8.84. The number of rotatable bonds is 7. The number of likely N-dealkylation sites (tertiary alicyclic amines) is 1. The van der Waals surface area contributed by atoms with E-state index in [2.05, 4.69) is 0 Å². The van der Waals surface area contributed by atoms with Crippen molar-refractivity contribution in [2.75, 3.05) is 20.3 Å². The van der Waals surface area contributed by atoms with Crippen LogP contribution in [0.15, 0.2) is 48.5 Å². The van der Waals surface area contributed by atoms with Crippen LogP contribution in [0, 0.1) is 11.8 Å². The predicted molar refractivity (Wildman–Crippen MR) is 125 cm³/mol. The highest BCUT2D eigenvalue weighted by molar-refractivity contribution is 5.82. The Morgan fingerprint density at radius 3 is 2.64 bits per heavy atom. The highest BCUT2D eigenvalue weighted by Crippen LogP contribution is 2.40. The SMILES string of the molecule is CCOC(=O)N1CC[C@@H]2C(=O)CCC[C@H]2[C@H]1Cc1ccc(OC)c(OCc2ccccc2)c1. The summed E-state index contributed by atoms with van der Waals surface area (Å²) in [6.07, 6.45) is 3.61. The summed E-state index contributed by atoms with van der Waals surface area (Å²) in [6, 6.07) is 15.9. The van der Waals surface area contributed by atoms with Crippen LogP contribution in [0.25, 0.3) is 0 Å². The first-order chi connectivity index (χ1) is 16.1. The molecule has 1 aliphatic heterocycles. The highest BCUT2D eigenvalue weighted by atomic mass is 16.6. The summed E-state index contributed by atoms with van der Waals surface area (Å²) >= 11 is 0. The Hall–Kier alpha value is -3.02. The first-order valence-corrected chi connectivity index (χ1v) is 11.9. The van der Waals surface area contributed by atoms with Crippen molar-refractivity contribution in [1.29, 1.82) is 0 Å². The molecular weight excluding hydrogens is 418 g/mol. The molecule has 6 nitrogen and oxygen atoms in total. The molecule has 33 heavy (non-hydrogen) atoms. The molecule has 0 spiro atoms. The normalized spacial score (nSPS) is 22.4. The molecule has 1 aliphatic carbocycles. The van der Waals surface area contributed by atoms with Gasteiger partial charge in [-0.3, -0.25) is 4.79 Å². The van der Waals surface area contributed by atoms with E-state index >= 15 is 0 Å². The van der Waals surface area contributed by atoms with Crippen LogP contribution < -0.4 is 9.47 Å². The zero-order chi connectivity index (χ0) is 23.2. The number of hydrogen-bond acceptors (Lipinski definition) is 5. The maximum Gasteiger partial charge on any atom is 0.410 e. The number of hydrogen-bond donors (Lipinski definition) is 0. The van der Waals surface area contributed by atoms with Crippen molar-refractivity contribution in [3.8, 4) is 11.5 Å². The summed E-state index contributed by atoms with van der Waals surface area (Å²) in [5.41, 5.74) is 2.13. The number of benzene rings is 2. The van der Waals surface area contributed by atoms with Crippen molar-refractivity contribution in [2.24, 2.45) is 11.8 Å². The van der Waals surface area contributed by atoms with Gasteiger partial charge in [0.25, 0.3) is 0 Å². The van der Waals surface area contributed by atoms with Crippen LogP contribution >= 0.6 is 0 Å². The van der Waals surface area contributed by atoms with E-state index in [1.807, 2.05) is 60.4 Å². The van der Waals surface area contributed by atoms with Crippen LogP contribution in [0.2, 0.25) is 0 Å². The second kappa shape index (κ2) is 10.7. The molecule has 2 aromatic rings. The Morgan fingerprint density at radius 2 is 1.88 bits per heavy atom. The third-order valence-electron chi connectivity index (χ3n) is 6.88. The third kappa shape index (κ3) is 5.32. The Balaban J connectivity index is 1.57. The van der Waals surface area contributed by atoms with Crippen LogP contribution in [0.3, 0.4) is 0 Å². The van der Waals surface area contributed by atoms with E-state index in [1.54, 1.807) is 7.11 Å². The molecular formula is C27H33NO5. The van der Waals surface area contributed by atoms with Crippen molar-refractivity contribution in [2.45, 2.75) is 51.7 Å². The number of carbonyl (C=O) groups is 2. The zero-order valence-corrected chi connectivity index (χ0v) is 19.5. The van der Waals surface area contributed by atoms with Crippen molar-refractivity contribution >= 4 is 11.9 Å².